The summed E-state index contributed by atoms with van der Waals surface area (Å²) in [6.45, 7) is 4.62. The quantitative estimate of drug-likeness (QED) is 0.735. The number of rotatable bonds is 6. The summed E-state index contributed by atoms with van der Waals surface area (Å²) in [4.78, 5) is 13.1. The van der Waals surface area contributed by atoms with Crippen LogP contribution < -0.4 is 5.32 Å². The molecule has 0 bridgehead atoms. The summed E-state index contributed by atoms with van der Waals surface area (Å²) in [6.07, 6.45) is 1.50. The molecule has 0 fully saturated rings. The van der Waals surface area contributed by atoms with E-state index in [1.807, 2.05) is 25.1 Å². The van der Waals surface area contributed by atoms with Gasteiger partial charge in [0.1, 0.15) is 11.6 Å². The van der Waals surface area contributed by atoms with Gasteiger partial charge in [-0.3, -0.25) is 0 Å². The van der Waals surface area contributed by atoms with Crippen molar-refractivity contribution < 1.29 is 4.52 Å². The largest absolute Gasteiger partial charge is 0.369 e. The molecule has 1 N–H and O–H groups in total. The summed E-state index contributed by atoms with van der Waals surface area (Å²) in [5, 5.41) is 7.95. The Balaban J connectivity index is 1.60. The van der Waals surface area contributed by atoms with Gasteiger partial charge in [0.2, 0.25) is 11.7 Å². The summed E-state index contributed by atoms with van der Waals surface area (Å²) < 4.78 is 5.29. The Morgan fingerprint density at radius 2 is 1.92 bits per heavy atom. The fraction of sp³-hybridized carbons (Fsp3) is 0.294. The fourth-order valence-corrected chi connectivity index (χ4v) is 2.40. The predicted molar refractivity (Wildman–Crippen MR) is 93.1 cm³/mol. The molecule has 3 aromatic rings. The van der Waals surface area contributed by atoms with Crippen LogP contribution >= 0.6 is 11.6 Å². The summed E-state index contributed by atoms with van der Waals surface area (Å²) in [5.41, 5.74) is 1.90. The predicted octanol–water partition coefficient (Wildman–Crippen LogP) is 3.71. The van der Waals surface area contributed by atoms with Crippen LogP contribution in [-0.4, -0.2) is 26.7 Å². The molecule has 0 atom stereocenters. The van der Waals surface area contributed by atoms with Crippen LogP contribution in [0.1, 0.15) is 24.3 Å². The highest BCUT2D eigenvalue weighted by atomic mass is 35.5. The van der Waals surface area contributed by atoms with E-state index in [1.165, 1.54) is 0 Å². The zero-order chi connectivity index (χ0) is 16.9. The lowest BCUT2D eigenvalue weighted by Gasteiger charge is -2.06. The Labute approximate surface area is 145 Å². The average Bonchev–Trinajstić information content (AvgIpc) is 3.04. The zero-order valence-electron chi connectivity index (χ0n) is 13.6. The molecule has 0 aliphatic heterocycles. The van der Waals surface area contributed by atoms with Crippen LogP contribution in [0.25, 0.3) is 11.4 Å². The van der Waals surface area contributed by atoms with Gasteiger partial charge in [-0.2, -0.15) is 4.98 Å². The molecule has 0 saturated heterocycles. The van der Waals surface area contributed by atoms with Gasteiger partial charge in [0.05, 0.1) is 0 Å². The second-order valence-corrected chi connectivity index (χ2v) is 5.78. The van der Waals surface area contributed by atoms with Gasteiger partial charge >= 0.3 is 0 Å². The third kappa shape index (κ3) is 4.08. The highest BCUT2D eigenvalue weighted by Gasteiger charge is 2.08. The molecule has 124 valence electrons. The monoisotopic (exact) mass is 343 g/mol. The number of aromatic nitrogens is 4. The minimum atomic E-state index is 0.563. The standard InChI is InChI=1S/C17H18ClN5O/c1-3-14-10-15(21-11(2)20-14)19-9-8-16-22-17(23-24-16)12-4-6-13(18)7-5-12/h4-7,10H,3,8-9H2,1-2H3,(H,19,20,21). The maximum absolute atomic E-state index is 5.88. The molecule has 0 amide bonds. The van der Waals surface area contributed by atoms with E-state index in [-0.39, 0.29) is 0 Å². The molecule has 0 radical (unpaired) electrons. The minimum Gasteiger partial charge on any atom is -0.369 e. The Morgan fingerprint density at radius 1 is 1.12 bits per heavy atom. The van der Waals surface area contributed by atoms with Crippen molar-refractivity contribution in [2.24, 2.45) is 0 Å². The third-order valence-corrected chi connectivity index (χ3v) is 3.72. The SMILES string of the molecule is CCc1cc(NCCc2nc(-c3ccc(Cl)cc3)no2)nc(C)n1. The molecule has 3 rings (SSSR count). The Kier molecular flexibility index (Phi) is 5.05. The average molecular weight is 344 g/mol. The van der Waals surface area contributed by atoms with Crippen LogP contribution in [0.4, 0.5) is 5.82 Å². The normalized spacial score (nSPS) is 10.8. The van der Waals surface area contributed by atoms with Crippen molar-refractivity contribution in [1.29, 1.82) is 0 Å². The van der Waals surface area contributed by atoms with E-state index in [4.69, 9.17) is 16.1 Å². The Bertz CT molecular complexity index is 816. The summed E-state index contributed by atoms with van der Waals surface area (Å²) in [7, 11) is 0. The number of aryl methyl sites for hydroxylation is 2. The number of nitrogens with zero attached hydrogens (tertiary/aromatic N) is 4. The van der Waals surface area contributed by atoms with Gasteiger partial charge in [-0.25, -0.2) is 9.97 Å². The fourth-order valence-electron chi connectivity index (χ4n) is 2.27. The van der Waals surface area contributed by atoms with E-state index in [9.17, 15) is 0 Å². The minimum absolute atomic E-state index is 0.563. The molecule has 0 saturated carbocycles. The summed E-state index contributed by atoms with van der Waals surface area (Å²) in [5.74, 6) is 2.72. The van der Waals surface area contributed by atoms with Crippen molar-refractivity contribution in [3.63, 3.8) is 0 Å². The maximum Gasteiger partial charge on any atom is 0.228 e. The maximum atomic E-state index is 5.88. The lowest BCUT2D eigenvalue weighted by molar-refractivity contribution is 0.381. The van der Waals surface area contributed by atoms with E-state index in [0.717, 1.165) is 29.3 Å². The molecule has 0 aliphatic rings. The van der Waals surface area contributed by atoms with Crippen LogP contribution in [0.5, 0.6) is 0 Å². The van der Waals surface area contributed by atoms with Crippen LogP contribution in [0.3, 0.4) is 0 Å². The van der Waals surface area contributed by atoms with Crippen molar-refractivity contribution in [3.8, 4) is 11.4 Å². The number of nitrogens with one attached hydrogen (secondary N) is 1. The second kappa shape index (κ2) is 7.40. The molecule has 1 aromatic carbocycles. The van der Waals surface area contributed by atoms with Crippen molar-refractivity contribution in [2.75, 3.05) is 11.9 Å². The van der Waals surface area contributed by atoms with Gasteiger partial charge in [0.15, 0.2) is 0 Å². The highest BCUT2D eigenvalue weighted by Crippen LogP contribution is 2.18. The zero-order valence-corrected chi connectivity index (χ0v) is 14.3. The molecule has 0 unspecified atom stereocenters. The van der Waals surface area contributed by atoms with E-state index >= 15 is 0 Å². The van der Waals surface area contributed by atoms with E-state index in [1.54, 1.807) is 12.1 Å². The van der Waals surface area contributed by atoms with Gasteiger partial charge in [-0.15, -0.1) is 0 Å². The van der Waals surface area contributed by atoms with Crippen LogP contribution in [0.15, 0.2) is 34.9 Å². The van der Waals surface area contributed by atoms with Gasteiger partial charge in [0, 0.05) is 35.3 Å². The molecule has 0 aliphatic carbocycles. The number of halogens is 1. The molecule has 0 spiro atoms. The Hall–Kier alpha value is -2.47. The lowest BCUT2D eigenvalue weighted by Crippen LogP contribution is -2.08. The summed E-state index contributed by atoms with van der Waals surface area (Å²) in [6, 6.07) is 9.30. The number of benzene rings is 1. The highest BCUT2D eigenvalue weighted by molar-refractivity contribution is 6.30. The van der Waals surface area contributed by atoms with Crippen LogP contribution in [-0.2, 0) is 12.8 Å². The van der Waals surface area contributed by atoms with Crippen molar-refractivity contribution in [2.45, 2.75) is 26.7 Å². The van der Waals surface area contributed by atoms with Gasteiger partial charge in [-0.05, 0) is 37.6 Å². The van der Waals surface area contributed by atoms with E-state index in [2.05, 4.69) is 32.3 Å². The van der Waals surface area contributed by atoms with Crippen molar-refractivity contribution >= 4 is 17.4 Å². The first-order valence-electron chi connectivity index (χ1n) is 7.81. The number of hydrogen-bond donors (Lipinski definition) is 1. The first-order valence-corrected chi connectivity index (χ1v) is 8.19. The Morgan fingerprint density at radius 3 is 2.67 bits per heavy atom. The van der Waals surface area contributed by atoms with Gasteiger partial charge in [0.25, 0.3) is 0 Å². The smallest absolute Gasteiger partial charge is 0.228 e. The molecule has 7 heteroatoms. The van der Waals surface area contributed by atoms with Crippen LogP contribution in [0, 0.1) is 6.92 Å². The first kappa shape index (κ1) is 16.4. The third-order valence-electron chi connectivity index (χ3n) is 3.47. The number of hydrogen-bond acceptors (Lipinski definition) is 6. The lowest BCUT2D eigenvalue weighted by atomic mass is 10.2. The molecule has 6 nitrogen and oxygen atoms in total. The molecule has 2 heterocycles. The second-order valence-electron chi connectivity index (χ2n) is 5.34. The van der Waals surface area contributed by atoms with E-state index < -0.39 is 0 Å². The topological polar surface area (TPSA) is 76.7 Å². The molecular weight excluding hydrogens is 326 g/mol. The van der Waals surface area contributed by atoms with Crippen molar-refractivity contribution in [3.05, 3.63) is 52.8 Å². The molecule has 2 aromatic heterocycles. The molecular formula is C17H18ClN5O. The molecule has 24 heavy (non-hydrogen) atoms. The van der Waals surface area contributed by atoms with E-state index in [0.29, 0.717) is 29.7 Å². The summed E-state index contributed by atoms with van der Waals surface area (Å²) >= 11 is 5.88. The number of anilines is 1. The van der Waals surface area contributed by atoms with Gasteiger partial charge < -0.3 is 9.84 Å². The van der Waals surface area contributed by atoms with Gasteiger partial charge in [-0.1, -0.05) is 23.7 Å². The van der Waals surface area contributed by atoms with Crippen LogP contribution in [0.2, 0.25) is 5.02 Å². The first-order chi connectivity index (χ1) is 11.6. The van der Waals surface area contributed by atoms with Crippen molar-refractivity contribution in [1.82, 2.24) is 20.1 Å².